The van der Waals surface area contributed by atoms with Crippen molar-refractivity contribution in [3.05, 3.63) is 332 Å². The Morgan fingerprint density at radius 1 is 0.489 bits per heavy atom. The van der Waals surface area contributed by atoms with Crippen LogP contribution in [-0.4, -0.2) is 22.2 Å². The minimum atomic E-state index is -6.82. The molecule has 0 aliphatic rings. The number of pyridine rings is 1. The topological polar surface area (TPSA) is 35.9 Å². The number of benzene rings is 12. The number of ether oxygens (including phenoxy) is 1. The van der Waals surface area contributed by atoms with Gasteiger partial charge in [0.25, 0.3) is 6.33 Å². The second-order valence-electron chi connectivity index (χ2n) is 24.1. The summed E-state index contributed by atoms with van der Waals surface area (Å²) in [7, 11) is -6.82. The van der Waals surface area contributed by atoms with Gasteiger partial charge in [0.15, 0.2) is 8.07 Å². The molecule has 7 heteroatoms. The maximum Gasteiger partial charge on any atom is 0.268 e. The number of hydrogen-bond donors (Lipinski definition) is 0. The van der Waals surface area contributed by atoms with Crippen molar-refractivity contribution in [2.75, 3.05) is 0 Å². The Morgan fingerprint density at radius 3 is 1.67 bits per heavy atom. The molecular weight excluding hydrogens is 1340 g/mol. The van der Waals surface area contributed by atoms with Gasteiger partial charge in [0, 0.05) is 48.4 Å². The first-order valence-electron chi connectivity index (χ1n) is 45.0. The van der Waals surface area contributed by atoms with E-state index in [-0.39, 0.29) is 60.1 Å². The SMILES string of the molecule is [2H]c1c([2H])c([2H])c(-c2c([2H])c(-c3cc(C([2H])([2H])[2H])cc([Si](c4c([2H])c([2H])c([2H])c([2H])c4[2H])(c4c([2H])c([2H])c([2H])c([2H])c4[2H])c4c([2H])c([2H])c([2H])c([2H])c4[2H])c3-[n+]3[c-]n(-c4[c-]c(Oc5[c-]c6c(cc5)c5ccccc5n6-c5cc(C(C)(C)C)ccn5)ccc4)c4cc(-c5ccc(C(C)(C)C)cc5)ccc43)c([2H])c(-c3c([2H])c([2H])c([2H])c([2H])c3[2H])c2[2H])c([2H])c1[2H].[Pt]. The summed E-state index contributed by atoms with van der Waals surface area (Å²) in [5.41, 5.74) is -4.25. The van der Waals surface area contributed by atoms with Gasteiger partial charge in [-0.1, -0.05) is 270 Å². The van der Waals surface area contributed by atoms with Crippen molar-refractivity contribution < 1.29 is 72.9 Å². The molecule has 0 radical (unpaired) electrons. The molecule has 460 valence electrons. The third kappa shape index (κ3) is 11.4. The van der Waals surface area contributed by atoms with Crippen LogP contribution in [0.2, 0.25) is 0 Å². The molecule has 0 N–H and O–H groups in total. The van der Waals surface area contributed by atoms with Gasteiger partial charge in [-0.25, -0.2) is 4.98 Å². The first-order chi connectivity index (χ1) is 58.1. The summed E-state index contributed by atoms with van der Waals surface area (Å²) in [6.07, 6.45) is 5.07. The van der Waals surface area contributed by atoms with E-state index in [1.54, 1.807) is 42.6 Å². The van der Waals surface area contributed by atoms with Crippen LogP contribution < -0.4 is 30.1 Å². The molecule has 0 saturated heterocycles. The molecule has 0 aliphatic heterocycles. The van der Waals surface area contributed by atoms with Crippen molar-refractivity contribution in [3.63, 3.8) is 0 Å². The molecule has 3 heterocycles. The van der Waals surface area contributed by atoms with Gasteiger partial charge in [-0.2, -0.15) is 18.2 Å². The predicted molar refractivity (Wildman–Crippen MR) is 387 cm³/mol. The van der Waals surface area contributed by atoms with E-state index in [0.29, 0.717) is 22.5 Å². The van der Waals surface area contributed by atoms with Gasteiger partial charge in [0.05, 0.1) is 55.1 Å². The van der Waals surface area contributed by atoms with Crippen molar-refractivity contribution >= 4 is 61.7 Å². The fourth-order valence-electron chi connectivity index (χ4n) is 11.8. The number of hydrogen-bond acceptors (Lipinski definition) is 2. The van der Waals surface area contributed by atoms with Crippen LogP contribution in [-0.2, 0) is 31.9 Å². The van der Waals surface area contributed by atoms with Gasteiger partial charge in [-0.3, -0.25) is 4.57 Å². The fraction of sp³-hybridized carbons (Fsp3) is 0.103. The van der Waals surface area contributed by atoms with E-state index in [1.165, 1.54) is 10.6 Å². The van der Waals surface area contributed by atoms with Crippen LogP contribution in [0, 0.1) is 25.3 Å². The zero-order valence-corrected chi connectivity index (χ0v) is 54.4. The first-order valence-corrected chi connectivity index (χ1v) is 31.5. The third-order valence-electron chi connectivity index (χ3n) is 16.2. The Hall–Kier alpha value is -10.2. The van der Waals surface area contributed by atoms with Gasteiger partial charge in [0.2, 0.25) is 0 Å². The van der Waals surface area contributed by atoms with E-state index in [4.69, 9.17) is 22.1 Å². The van der Waals surface area contributed by atoms with Crippen LogP contribution in [0.5, 0.6) is 11.5 Å². The second-order valence-corrected chi connectivity index (χ2v) is 27.6. The van der Waals surface area contributed by atoms with Crippen molar-refractivity contribution in [1.29, 1.82) is 0 Å². The number of aryl methyl sites for hydroxylation is 1. The number of aromatic nitrogens is 4. The molecule has 5 nitrogen and oxygen atoms in total. The molecule has 94 heavy (non-hydrogen) atoms. The molecule has 0 unspecified atom stereocenters. The van der Waals surface area contributed by atoms with Crippen LogP contribution in [0.4, 0.5) is 0 Å². The Labute approximate surface area is 610 Å². The molecule has 0 aliphatic carbocycles. The standard InChI is InChI=1S/C87H70N4OSi.Pt/c1-60-50-78(67-53-65(61-26-13-8-14-27-61)52-66(54-67)62-28-15-9-16-29-62)85(83(51-60)93(73-32-17-10-18-33-73,74-34-19-11-20-35-74)75-36-21-12-22-37-75)90-59-89(82-55-64(42-47-80(82)90)63-40-43-68(44-41-63)86(2,3)4)70-30-25-31-71(57-70)92-72-45-46-77-76-38-23-24-39-79(76)91(81(77)58-72)84-56-69(48-49-88-84)87(5,6)7;/h8-56H,1-7H3;/q-2;/i1D3,8D,9D,10D,11D,12D,13D,14D,15D,16D,17D,18D,19D,20D,21D,22D,26D,27D,28D,29D,32D,33D,34D,35D,36D,37D,52D,53D,54D;. The average Bonchev–Trinajstić information content (AvgIpc) is 1.07. The maximum atomic E-state index is 10.8. The Bertz CT molecular complexity index is 6750. The van der Waals surface area contributed by atoms with E-state index in [9.17, 15) is 30.2 Å². The number of para-hydroxylation sites is 1. The van der Waals surface area contributed by atoms with E-state index >= 15 is 0 Å². The smallest absolute Gasteiger partial charge is 0.268 e. The van der Waals surface area contributed by atoms with Crippen molar-refractivity contribution in [2.45, 2.75) is 59.2 Å². The quantitative estimate of drug-likeness (QED) is 0.0499. The molecule has 0 amide bonds. The summed E-state index contributed by atoms with van der Waals surface area (Å²) in [5.74, 6) is 0.749. The van der Waals surface area contributed by atoms with Crippen molar-refractivity contribution in [3.8, 4) is 73.2 Å². The average molecular weight is 1440 g/mol. The number of imidazole rings is 1. The predicted octanol–water partition coefficient (Wildman–Crippen LogP) is 18.5. The van der Waals surface area contributed by atoms with Gasteiger partial charge in [0.1, 0.15) is 5.82 Å². The zero-order chi connectivity index (χ0) is 90.3. The van der Waals surface area contributed by atoms with Gasteiger partial charge in [-0.15, -0.1) is 29.7 Å². The zero-order valence-electron chi connectivity index (χ0n) is 82.1. The van der Waals surface area contributed by atoms with Crippen LogP contribution in [0.25, 0.3) is 94.5 Å². The van der Waals surface area contributed by atoms with E-state index < -0.39 is 249 Å². The fourth-order valence-corrected chi connectivity index (χ4v) is 15.8. The van der Waals surface area contributed by atoms with Crippen LogP contribution in [0.15, 0.2) is 297 Å². The molecule has 15 aromatic rings. The molecule has 12 aromatic carbocycles. The van der Waals surface area contributed by atoms with Crippen LogP contribution >= 0.6 is 0 Å². The summed E-state index contributed by atoms with van der Waals surface area (Å²) in [6, 6.07) is 7.53. The summed E-state index contributed by atoms with van der Waals surface area (Å²) in [5, 5.41) is -2.77. The van der Waals surface area contributed by atoms with Crippen LogP contribution in [0.3, 0.4) is 0 Å². The Morgan fingerprint density at radius 2 is 1.06 bits per heavy atom. The van der Waals surface area contributed by atoms with E-state index in [0.717, 1.165) is 44.1 Å². The Kier molecular flexibility index (Phi) is 9.35. The third-order valence-corrected chi connectivity index (χ3v) is 20.4. The van der Waals surface area contributed by atoms with E-state index in [1.807, 2.05) is 92.1 Å². The minimum absolute atomic E-state index is 0. The molecule has 0 bridgehead atoms. The summed E-state index contributed by atoms with van der Waals surface area (Å²) < 4.78 is 310. The normalized spacial score (nSPS) is 16.7. The van der Waals surface area contributed by atoms with Gasteiger partial charge in [-0.05, 0) is 148 Å². The van der Waals surface area contributed by atoms with Crippen LogP contribution in [0.1, 0.15) is 101 Å². The number of nitrogens with zero attached hydrogens (tertiary/aromatic N) is 4. The summed E-state index contributed by atoms with van der Waals surface area (Å²) >= 11 is 0. The molecule has 0 saturated carbocycles. The molecule has 3 aromatic heterocycles. The molecular formula is C87H70N4OPtSi-2. The van der Waals surface area contributed by atoms with E-state index in [2.05, 4.69) is 39.2 Å². The summed E-state index contributed by atoms with van der Waals surface area (Å²) in [4.78, 5) is 4.83. The summed E-state index contributed by atoms with van der Waals surface area (Å²) in [6.45, 7) is 8.64. The van der Waals surface area contributed by atoms with Gasteiger partial charge >= 0.3 is 0 Å². The number of fused-ring (bicyclic) bond motifs is 4. The van der Waals surface area contributed by atoms with Gasteiger partial charge < -0.3 is 13.9 Å². The maximum absolute atomic E-state index is 10.8. The van der Waals surface area contributed by atoms with Crippen molar-refractivity contribution in [1.82, 2.24) is 14.1 Å². The monoisotopic (exact) mass is 1440 g/mol. The molecule has 15 rings (SSSR count). The molecule has 0 spiro atoms. The molecule has 0 atom stereocenters. The molecule has 0 fully saturated rings. The minimum Gasteiger partial charge on any atom is -0.510 e. The van der Waals surface area contributed by atoms with Crippen molar-refractivity contribution in [2.24, 2.45) is 0 Å². The Balaban J connectivity index is 0.0000127. The largest absolute Gasteiger partial charge is 0.510 e. The first kappa shape index (κ1) is 35.2. The number of rotatable bonds is 13. The second kappa shape index (κ2) is 25.0.